The second-order valence-corrected chi connectivity index (χ2v) is 11.7. The van der Waals surface area contributed by atoms with Gasteiger partial charge in [0.2, 0.25) is 0 Å². The smallest absolute Gasteiger partial charge is 0.166 e. The molecule has 0 atom stereocenters. The number of nitrogens with zero attached hydrogens (tertiary/aromatic N) is 4. The van der Waals surface area contributed by atoms with E-state index in [4.69, 9.17) is 28.1 Å². The van der Waals surface area contributed by atoms with Crippen molar-refractivity contribution in [2.75, 3.05) is 0 Å². The second kappa shape index (κ2) is 11.4. The van der Waals surface area contributed by atoms with Gasteiger partial charge in [-0.15, -0.1) is 0 Å². The Morgan fingerprint density at radius 1 is 0.480 bits per heavy atom. The molecule has 50 heavy (non-hydrogen) atoms. The molecule has 10 rings (SSSR count). The Morgan fingerprint density at radius 2 is 1.10 bits per heavy atom. The lowest BCUT2D eigenvalue weighted by molar-refractivity contribution is 0.670. The molecule has 10 aromatic rings. The van der Waals surface area contributed by atoms with E-state index in [0.717, 1.165) is 49.5 Å². The summed E-state index contributed by atoms with van der Waals surface area (Å²) in [4.78, 5) is 14.0. The van der Waals surface area contributed by atoms with Crippen molar-refractivity contribution in [1.29, 1.82) is 0 Å². The van der Waals surface area contributed by atoms with E-state index in [1.54, 1.807) is 6.07 Å². The monoisotopic (exact) mass is 650 g/mol. The summed E-state index contributed by atoms with van der Waals surface area (Å²) in [6.07, 6.45) is 0. The first-order valence-electron chi connectivity index (χ1n) is 20.9. The number of furan rings is 1. The molecule has 0 amide bonds. The van der Waals surface area contributed by atoms with Crippen molar-refractivity contribution < 1.29 is 18.1 Å². The number of para-hydroxylation sites is 3. The lowest BCUT2D eigenvalue weighted by Gasteiger charge is -2.13. The van der Waals surface area contributed by atoms with Crippen molar-refractivity contribution in [3.05, 3.63) is 170 Å². The minimum absolute atomic E-state index is 0.0226. The van der Waals surface area contributed by atoms with Gasteiger partial charge >= 0.3 is 0 Å². The van der Waals surface area contributed by atoms with Crippen molar-refractivity contribution in [2.45, 2.75) is 0 Å². The number of rotatable bonds is 5. The molecule has 0 spiro atoms. The van der Waals surface area contributed by atoms with Gasteiger partial charge in [-0.2, -0.15) is 0 Å². The highest BCUT2D eigenvalue weighted by Crippen LogP contribution is 2.41. The minimum atomic E-state index is -0.613. The van der Waals surface area contributed by atoms with E-state index < -0.39 is 60.4 Å². The Balaban J connectivity index is 1.28. The number of hydrogen-bond donors (Lipinski definition) is 0. The van der Waals surface area contributed by atoms with Gasteiger partial charge in [-0.3, -0.25) is 0 Å². The lowest BCUT2D eigenvalue weighted by Crippen LogP contribution is -2.02. The average molecular weight is 651 g/mol. The molecule has 5 nitrogen and oxygen atoms in total. The topological polar surface area (TPSA) is 56.7 Å². The van der Waals surface area contributed by atoms with Crippen LogP contribution in [0.3, 0.4) is 0 Å². The summed E-state index contributed by atoms with van der Waals surface area (Å²) < 4.78 is 93.7. The zero-order valence-electron chi connectivity index (χ0n) is 36.1. The van der Waals surface area contributed by atoms with Gasteiger partial charge in [0.25, 0.3) is 0 Å². The Kier molecular flexibility index (Phi) is 4.52. The van der Waals surface area contributed by atoms with Crippen LogP contribution in [0.1, 0.15) is 13.7 Å². The third kappa shape index (κ3) is 4.52. The molecule has 3 aromatic heterocycles. The Morgan fingerprint density at radius 3 is 1.84 bits per heavy atom. The first-order chi connectivity index (χ1) is 28.9. The highest BCUT2D eigenvalue weighted by atomic mass is 16.3. The van der Waals surface area contributed by atoms with E-state index in [9.17, 15) is 0 Å². The van der Waals surface area contributed by atoms with Crippen LogP contribution in [0, 0.1) is 0 Å². The highest BCUT2D eigenvalue weighted by molar-refractivity contribution is 6.14. The predicted octanol–water partition coefficient (Wildman–Crippen LogP) is 11.5. The third-order valence-electron chi connectivity index (χ3n) is 8.84. The third-order valence-corrected chi connectivity index (χ3v) is 8.84. The molecule has 0 bridgehead atoms. The number of hydrogen-bond acceptors (Lipinski definition) is 4. The zero-order valence-corrected chi connectivity index (χ0v) is 26.1. The Bertz CT molecular complexity index is 3310. The van der Waals surface area contributed by atoms with Crippen LogP contribution < -0.4 is 0 Å². The van der Waals surface area contributed by atoms with Crippen molar-refractivity contribution in [3.8, 4) is 51.0 Å². The van der Waals surface area contributed by atoms with Gasteiger partial charge in [0.05, 0.1) is 24.7 Å². The SMILES string of the molecule is [2H]c1c([2H])c([2H])c(-c2nc(-c3c([2H])c([2H])c([2H])c([2H])c3[2H])nc(-c3cccc4c5ccccc5n(-c5ccc6oc7c(-c8ccccc8)cccc7c6c5)c34)n2)c([2H])c1[2H]. The standard InChI is InChI=1S/C45H28N4O/c1-4-14-29(15-5-1)33-21-12-23-36-38-28-32(26-27-40(38)50-42(33)36)49-39-25-11-10-20-34(39)35-22-13-24-37(41(35)49)45-47-43(30-16-6-2-7-17-30)46-44(48-45)31-18-8-3-9-19-31/h1-28H/i2D,3D,6D,7D,8D,9D,16D,17D,18D,19D. The van der Waals surface area contributed by atoms with Gasteiger partial charge in [-0.1, -0.05) is 139 Å². The zero-order chi connectivity index (χ0) is 41.7. The summed E-state index contributed by atoms with van der Waals surface area (Å²) in [5.41, 5.74) is 5.49. The maximum atomic E-state index is 8.78. The molecule has 0 aliphatic rings. The molecule has 234 valence electrons. The van der Waals surface area contributed by atoms with E-state index in [2.05, 4.69) is 15.6 Å². The van der Waals surface area contributed by atoms with Gasteiger partial charge in [0, 0.05) is 49.5 Å². The molecule has 5 heteroatoms. The summed E-state index contributed by atoms with van der Waals surface area (Å²) in [7, 11) is 0. The molecule has 7 aromatic carbocycles. The van der Waals surface area contributed by atoms with Crippen LogP contribution in [0.4, 0.5) is 0 Å². The number of benzene rings is 7. The second-order valence-electron chi connectivity index (χ2n) is 11.7. The van der Waals surface area contributed by atoms with E-state index in [-0.39, 0.29) is 28.6 Å². The summed E-state index contributed by atoms with van der Waals surface area (Å²) in [5.74, 6) is -0.691. The molecule has 0 aliphatic heterocycles. The molecule has 0 saturated carbocycles. The van der Waals surface area contributed by atoms with Crippen molar-refractivity contribution in [3.63, 3.8) is 0 Å². The molecule has 0 N–H and O–H groups in total. The highest BCUT2D eigenvalue weighted by Gasteiger charge is 2.21. The molecular formula is C45H28N4O. The molecule has 0 saturated heterocycles. The number of aromatic nitrogens is 4. The average Bonchev–Trinajstić information content (AvgIpc) is 3.82. The maximum absolute atomic E-state index is 8.78. The molecule has 0 radical (unpaired) electrons. The lowest BCUT2D eigenvalue weighted by atomic mass is 10.0. The van der Waals surface area contributed by atoms with E-state index in [1.165, 1.54) is 0 Å². The maximum Gasteiger partial charge on any atom is 0.166 e. The largest absolute Gasteiger partial charge is 0.455 e. The van der Waals surface area contributed by atoms with E-state index >= 15 is 0 Å². The van der Waals surface area contributed by atoms with Crippen LogP contribution in [0.5, 0.6) is 0 Å². The quantitative estimate of drug-likeness (QED) is 0.186. The normalized spacial score (nSPS) is 14.4. The fraction of sp³-hybridized carbons (Fsp3) is 0. The Hall–Kier alpha value is -6.85. The van der Waals surface area contributed by atoms with Gasteiger partial charge in [-0.05, 0) is 35.9 Å². The van der Waals surface area contributed by atoms with Crippen molar-refractivity contribution in [1.82, 2.24) is 19.5 Å². The van der Waals surface area contributed by atoms with Crippen molar-refractivity contribution >= 4 is 43.7 Å². The summed E-state index contributed by atoms with van der Waals surface area (Å²) in [6, 6.07) is 29.5. The van der Waals surface area contributed by atoms with Crippen LogP contribution in [0.25, 0.3) is 94.7 Å². The molecule has 0 unspecified atom stereocenters. The van der Waals surface area contributed by atoms with Crippen molar-refractivity contribution in [2.24, 2.45) is 0 Å². The molecular weight excluding hydrogens is 613 g/mol. The molecule has 0 aliphatic carbocycles. The van der Waals surface area contributed by atoms with Gasteiger partial charge in [0.1, 0.15) is 11.2 Å². The Labute approximate surface area is 301 Å². The van der Waals surface area contributed by atoms with Crippen LogP contribution in [-0.2, 0) is 0 Å². The fourth-order valence-corrected chi connectivity index (χ4v) is 6.68. The van der Waals surface area contributed by atoms with E-state index in [1.807, 2.05) is 97.1 Å². The van der Waals surface area contributed by atoms with Crippen LogP contribution >= 0.6 is 0 Å². The van der Waals surface area contributed by atoms with Gasteiger partial charge < -0.3 is 8.98 Å². The molecule has 0 fully saturated rings. The van der Waals surface area contributed by atoms with Gasteiger partial charge in [-0.25, -0.2) is 15.0 Å². The predicted molar refractivity (Wildman–Crippen MR) is 203 cm³/mol. The van der Waals surface area contributed by atoms with Crippen LogP contribution in [0.15, 0.2) is 174 Å². The van der Waals surface area contributed by atoms with Gasteiger partial charge in [0.15, 0.2) is 17.5 Å². The fourth-order valence-electron chi connectivity index (χ4n) is 6.68. The first kappa shape index (κ1) is 19.8. The molecule has 3 heterocycles. The van der Waals surface area contributed by atoms with Crippen LogP contribution in [-0.4, -0.2) is 19.5 Å². The van der Waals surface area contributed by atoms with Crippen LogP contribution in [0.2, 0.25) is 0 Å². The number of fused-ring (bicyclic) bond motifs is 6. The first-order valence-corrected chi connectivity index (χ1v) is 15.9. The van der Waals surface area contributed by atoms with E-state index in [0.29, 0.717) is 16.7 Å². The summed E-state index contributed by atoms with van der Waals surface area (Å²) in [5, 5.41) is 3.54. The summed E-state index contributed by atoms with van der Waals surface area (Å²) in [6.45, 7) is 0. The summed E-state index contributed by atoms with van der Waals surface area (Å²) >= 11 is 0. The minimum Gasteiger partial charge on any atom is -0.455 e.